The van der Waals surface area contributed by atoms with Gasteiger partial charge in [-0.25, -0.2) is 4.98 Å². The summed E-state index contributed by atoms with van der Waals surface area (Å²) < 4.78 is 5.76. The molecule has 0 radical (unpaired) electrons. The first kappa shape index (κ1) is 15.2. The molecule has 2 N–H and O–H groups in total. The highest BCUT2D eigenvalue weighted by Gasteiger charge is 2.12. The zero-order valence-electron chi connectivity index (χ0n) is 13.7. The molecule has 3 heterocycles. The lowest BCUT2D eigenvalue weighted by atomic mass is 10.0. The van der Waals surface area contributed by atoms with E-state index in [4.69, 9.17) is 4.74 Å². The quantitative estimate of drug-likeness (QED) is 0.594. The normalized spacial score (nSPS) is 10.9. The van der Waals surface area contributed by atoms with Gasteiger partial charge in [0.15, 0.2) is 0 Å². The molecule has 0 saturated heterocycles. The predicted molar refractivity (Wildman–Crippen MR) is 98.8 cm³/mol. The molecular formula is C20H17N3O2. The predicted octanol–water partition coefficient (Wildman–Crippen LogP) is 3.98. The van der Waals surface area contributed by atoms with Gasteiger partial charge in [0.25, 0.3) is 0 Å². The van der Waals surface area contributed by atoms with E-state index in [0.29, 0.717) is 6.61 Å². The summed E-state index contributed by atoms with van der Waals surface area (Å²) in [4.78, 5) is 21.7. The molecule has 0 fully saturated rings. The number of benzene rings is 1. The first-order valence-corrected chi connectivity index (χ1v) is 8.14. The number of nitrogens with zero attached hydrogens (tertiary/aromatic N) is 1. The molecule has 25 heavy (non-hydrogen) atoms. The minimum absolute atomic E-state index is 0.120. The molecule has 0 aliphatic carbocycles. The first-order valence-electron chi connectivity index (χ1n) is 8.14. The third kappa shape index (κ3) is 2.80. The van der Waals surface area contributed by atoms with Crippen LogP contribution in [0, 0.1) is 0 Å². The van der Waals surface area contributed by atoms with Crippen LogP contribution in [0.2, 0.25) is 0 Å². The van der Waals surface area contributed by atoms with Crippen LogP contribution in [-0.4, -0.2) is 21.6 Å². The van der Waals surface area contributed by atoms with Gasteiger partial charge in [-0.15, -0.1) is 0 Å². The summed E-state index contributed by atoms with van der Waals surface area (Å²) in [7, 11) is 0. The van der Waals surface area contributed by atoms with Crippen LogP contribution in [-0.2, 0) is 0 Å². The van der Waals surface area contributed by atoms with Crippen LogP contribution >= 0.6 is 0 Å². The Bertz CT molecular complexity index is 1080. The van der Waals surface area contributed by atoms with E-state index in [-0.39, 0.29) is 5.56 Å². The van der Waals surface area contributed by atoms with Crippen LogP contribution in [0.1, 0.15) is 6.92 Å². The van der Waals surface area contributed by atoms with E-state index >= 15 is 0 Å². The highest BCUT2D eigenvalue weighted by molar-refractivity contribution is 5.97. The smallest absolute Gasteiger partial charge is 0.247 e. The lowest BCUT2D eigenvalue weighted by Crippen LogP contribution is -2.01. The lowest BCUT2D eigenvalue weighted by Gasteiger charge is -2.09. The van der Waals surface area contributed by atoms with Crippen LogP contribution in [0.25, 0.3) is 33.3 Å². The highest BCUT2D eigenvalue weighted by atomic mass is 16.5. The number of nitrogens with one attached hydrogen (secondary N) is 2. The molecule has 0 unspecified atom stereocenters. The number of rotatable bonds is 4. The van der Waals surface area contributed by atoms with Crippen LogP contribution < -0.4 is 10.3 Å². The summed E-state index contributed by atoms with van der Waals surface area (Å²) >= 11 is 0. The molecule has 0 amide bonds. The van der Waals surface area contributed by atoms with Crippen molar-refractivity contribution in [3.63, 3.8) is 0 Å². The molecule has 0 aliphatic heterocycles. The van der Waals surface area contributed by atoms with E-state index in [2.05, 4.69) is 21.0 Å². The number of H-pyrrole nitrogens is 2. The van der Waals surface area contributed by atoms with Gasteiger partial charge in [-0.2, -0.15) is 0 Å². The lowest BCUT2D eigenvalue weighted by molar-refractivity contribution is 0.341. The summed E-state index contributed by atoms with van der Waals surface area (Å²) in [6, 6.07) is 13.4. The first-order chi connectivity index (χ1) is 12.3. The van der Waals surface area contributed by atoms with Gasteiger partial charge in [-0.05, 0) is 30.7 Å². The third-order valence-corrected chi connectivity index (χ3v) is 4.13. The van der Waals surface area contributed by atoms with Crippen molar-refractivity contribution in [2.45, 2.75) is 6.92 Å². The van der Waals surface area contributed by atoms with Gasteiger partial charge in [-0.3, -0.25) is 4.79 Å². The van der Waals surface area contributed by atoms with Gasteiger partial charge in [-0.1, -0.05) is 18.2 Å². The van der Waals surface area contributed by atoms with Crippen molar-refractivity contribution in [1.29, 1.82) is 0 Å². The molecular weight excluding hydrogens is 314 g/mol. The van der Waals surface area contributed by atoms with Crippen molar-refractivity contribution >= 4 is 11.0 Å². The maximum absolute atomic E-state index is 11.3. The fraction of sp³-hybridized carbons (Fsp3) is 0.100. The zero-order chi connectivity index (χ0) is 17.2. The Morgan fingerprint density at radius 1 is 1.00 bits per heavy atom. The van der Waals surface area contributed by atoms with Crippen molar-refractivity contribution in [3.05, 3.63) is 71.4 Å². The minimum atomic E-state index is -0.120. The number of hydrogen-bond donors (Lipinski definition) is 2. The van der Waals surface area contributed by atoms with E-state index in [1.807, 2.05) is 37.4 Å². The highest BCUT2D eigenvalue weighted by Crippen LogP contribution is 2.35. The molecule has 0 atom stereocenters. The largest absolute Gasteiger partial charge is 0.493 e. The van der Waals surface area contributed by atoms with Gasteiger partial charge >= 0.3 is 0 Å². The maximum Gasteiger partial charge on any atom is 0.247 e. The molecule has 124 valence electrons. The SMILES string of the molecule is CCOc1ccccc1-c1c[nH]c2ncc(-c3ccc(=O)[nH]c3)cc12. The molecule has 0 spiro atoms. The van der Waals surface area contributed by atoms with Crippen molar-refractivity contribution < 1.29 is 4.74 Å². The standard InChI is InChI=1S/C20H17N3O2/c1-2-25-18-6-4-3-5-15(18)17-12-23-20-16(17)9-14(11-22-20)13-7-8-19(24)21-10-13/h3-12H,2H2,1H3,(H,21,24)(H,22,23). The van der Waals surface area contributed by atoms with Gasteiger partial charge in [0.05, 0.1) is 6.61 Å². The molecule has 0 aliphatic rings. The second kappa shape index (κ2) is 6.28. The Morgan fingerprint density at radius 2 is 1.88 bits per heavy atom. The van der Waals surface area contributed by atoms with Crippen LogP contribution in [0.3, 0.4) is 0 Å². The minimum Gasteiger partial charge on any atom is -0.493 e. The Morgan fingerprint density at radius 3 is 2.68 bits per heavy atom. The van der Waals surface area contributed by atoms with E-state index < -0.39 is 0 Å². The van der Waals surface area contributed by atoms with Crippen LogP contribution in [0.15, 0.2) is 65.8 Å². The summed E-state index contributed by atoms with van der Waals surface area (Å²) in [5.41, 5.74) is 4.62. The van der Waals surface area contributed by atoms with Gasteiger partial charge < -0.3 is 14.7 Å². The molecule has 0 saturated carbocycles. The number of ether oxygens (including phenoxy) is 1. The number of fused-ring (bicyclic) bond motifs is 1. The second-order valence-electron chi connectivity index (χ2n) is 5.69. The second-order valence-corrected chi connectivity index (χ2v) is 5.69. The average molecular weight is 331 g/mol. The van der Waals surface area contributed by atoms with Gasteiger partial charge in [0, 0.05) is 46.7 Å². The molecule has 3 aromatic heterocycles. The molecule has 5 heteroatoms. The third-order valence-electron chi connectivity index (χ3n) is 4.13. The van der Waals surface area contributed by atoms with Crippen molar-refractivity contribution in [1.82, 2.24) is 15.0 Å². The van der Waals surface area contributed by atoms with Crippen molar-refractivity contribution in [3.8, 4) is 28.0 Å². The molecule has 5 nitrogen and oxygen atoms in total. The number of hydrogen-bond acceptors (Lipinski definition) is 3. The summed E-state index contributed by atoms with van der Waals surface area (Å²) in [5.74, 6) is 0.848. The van der Waals surface area contributed by atoms with E-state index in [0.717, 1.165) is 39.0 Å². The van der Waals surface area contributed by atoms with E-state index in [9.17, 15) is 4.79 Å². The Balaban J connectivity index is 1.87. The van der Waals surface area contributed by atoms with Crippen LogP contribution in [0.4, 0.5) is 0 Å². The fourth-order valence-corrected chi connectivity index (χ4v) is 2.94. The Kier molecular flexibility index (Phi) is 3.82. The summed E-state index contributed by atoms with van der Waals surface area (Å²) in [6.07, 6.45) is 5.45. The number of pyridine rings is 2. The van der Waals surface area contributed by atoms with Crippen LogP contribution in [0.5, 0.6) is 5.75 Å². The average Bonchev–Trinajstić information content (AvgIpc) is 3.06. The Labute approximate surface area is 144 Å². The number of aromatic amines is 2. The topological polar surface area (TPSA) is 70.8 Å². The summed E-state index contributed by atoms with van der Waals surface area (Å²) in [6.45, 7) is 2.59. The number of para-hydroxylation sites is 1. The number of aromatic nitrogens is 3. The van der Waals surface area contributed by atoms with Gasteiger partial charge in [0.2, 0.25) is 5.56 Å². The van der Waals surface area contributed by atoms with Crippen molar-refractivity contribution in [2.75, 3.05) is 6.61 Å². The zero-order valence-corrected chi connectivity index (χ0v) is 13.7. The molecule has 4 rings (SSSR count). The summed E-state index contributed by atoms with van der Waals surface area (Å²) in [5, 5.41) is 1.01. The van der Waals surface area contributed by atoms with Gasteiger partial charge in [0.1, 0.15) is 11.4 Å². The van der Waals surface area contributed by atoms with Crippen molar-refractivity contribution in [2.24, 2.45) is 0 Å². The fourth-order valence-electron chi connectivity index (χ4n) is 2.94. The van der Waals surface area contributed by atoms with E-state index in [1.165, 1.54) is 6.07 Å². The monoisotopic (exact) mass is 331 g/mol. The molecule has 4 aromatic rings. The molecule has 1 aromatic carbocycles. The Hall–Kier alpha value is -3.34. The molecule has 0 bridgehead atoms. The van der Waals surface area contributed by atoms with E-state index in [1.54, 1.807) is 18.5 Å². The maximum atomic E-state index is 11.3.